The Bertz CT molecular complexity index is 1130. The molecule has 0 aliphatic carbocycles. The quantitative estimate of drug-likeness (QED) is 0.642. The second kappa shape index (κ2) is 8.19. The van der Waals surface area contributed by atoms with E-state index in [1.807, 2.05) is 48.2 Å². The lowest BCUT2D eigenvalue weighted by Gasteiger charge is -2.26. The smallest absolute Gasteiger partial charge is 0.255 e. The van der Waals surface area contributed by atoms with Crippen LogP contribution in [0.4, 0.5) is 0 Å². The number of fused-ring (bicyclic) bond motifs is 2. The lowest BCUT2D eigenvalue weighted by atomic mass is 9.95. The number of hydrogen-bond acceptors (Lipinski definition) is 3. The second-order valence-electron chi connectivity index (χ2n) is 8.39. The molecule has 0 spiro atoms. The molecule has 2 amide bonds. The molecule has 3 heterocycles. The van der Waals surface area contributed by atoms with Gasteiger partial charge in [0.15, 0.2) is 0 Å². The number of rotatable bonds is 6. The number of aryl methyl sites for hydroxylation is 1. The minimum Gasteiger partial charge on any atom is -0.376 e. The number of H-pyrrole nitrogens is 1. The molecule has 6 heteroatoms. The molecule has 1 aromatic heterocycles. The van der Waals surface area contributed by atoms with E-state index in [2.05, 4.69) is 22.4 Å². The number of ether oxygens (including phenoxy) is 1. The van der Waals surface area contributed by atoms with E-state index in [9.17, 15) is 9.59 Å². The standard InChI is InChI=1S/C25H27N3O3/c1-16-23(20-10-4-5-11-21(20)27-16)24-18-8-2-3-9-19(18)25(30)28(24)13-12-22(29)26-15-17-7-6-14-31-17/h2-5,8-11,17,24,27H,6-7,12-15H2,1H3,(H,26,29)/t17-,24-/m0/s1. The van der Waals surface area contributed by atoms with Crippen molar-refractivity contribution in [3.63, 3.8) is 0 Å². The fraction of sp³-hybridized carbons (Fsp3) is 0.360. The topological polar surface area (TPSA) is 74.4 Å². The van der Waals surface area contributed by atoms with Crippen LogP contribution in [0.25, 0.3) is 10.9 Å². The Morgan fingerprint density at radius 1 is 1.19 bits per heavy atom. The van der Waals surface area contributed by atoms with Gasteiger partial charge in [0.1, 0.15) is 0 Å². The van der Waals surface area contributed by atoms with Crippen LogP contribution in [-0.2, 0) is 9.53 Å². The van der Waals surface area contributed by atoms with Crippen LogP contribution in [0.15, 0.2) is 48.5 Å². The Balaban J connectivity index is 1.41. The van der Waals surface area contributed by atoms with Crippen LogP contribution in [0.1, 0.15) is 52.5 Å². The first kappa shape index (κ1) is 19.8. The minimum absolute atomic E-state index is 0.0165. The van der Waals surface area contributed by atoms with Crippen molar-refractivity contribution in [2.24, 2.45) is 0 Å². The molecule has 6 nitrogen and oxygen atoms in total. The third-order valence-electron chi connectivity index (χ3n) is 6.41. The monoisotopic (exact) mass is 417 g/mol. The number of hydrogen-bond donors (Lipinski definition) is 2. The Hall–Kier alpha value is -3.12. The van der Waals surface area contributed by atoms with Crippen molar-refractivity contribution in [1.82, 2.24) is 15.2 Å². The van der Waals surface area contributed by atoms with Gasteiger partial charge in [-0.05, 0) is 37.5 Å². The molecule has 0 radical (unpaired) electrons. The van der Waals surface area contributed by atoms with Gasteiger partial charge in [-0.3, -0.25) is 9.59 Å². The highest BCUT2D eigenvalue weighted by Crippen LogP contribution is 2.42. The highest BCUT2D eigenvalue weighted by Gasteiger charge is 2.39. The fourth-order valence-corrected chi connectivity index (χ4v) is 4.91. The molecule has 0 bridgehead atoms. The minimum atomic E-state index is -0.203. The van der Waals surface area contributed by atoms with Crippen molar-refractivity contribution >= 4 is 22.7 Å². The normalized spacial score (nSPS) is 20.4. The molecule has 2 atom stereocenters. The molecule has 5 rings (SSSR count). The lowest BCUT2D eigenvalue weighted by Crippen LogP contribution is -2.36. The van der Waals surface area contributed by atoms with E-state index in [4.69, 9.17) is 4.74 Å². The van der Waals surface area contributed by atoms with Gasteiger partial charge in [-0.15, -0.1) is 0 Å². The SMILES string of the molecule is Cc1[nH]c2ccccc2c1[C@@H]1c2ccccc2C(=O)N1CCC(=O)NC[C@@H]1CCCO1. The molecule has 3 aromatic rings. The molecule has 2 aliphatic heterocycles. The van der Waals surface area contributed by atoms with Crippen molar-refractivity contribution in [1.29, 1.82) is 0 Å². The fourth-order valence-electron chi connectivity index (χ4n) is 4.91. The first-order chi connectivity index (χ1) is 15.1. The summed E-state index contributed by atoms with van der Waals surface area (Å²) in [6.07, 6.45) is 2.42. The van der Waals surface area contributed by atoms with E-state index in [0.29, 0.717) is 13.1 Å². The molecule has 31 heavy (non-hydrogen) atoms. The Morgan fingerprint density at radius 2 is 2.00 bits per heavy atom. The van der Waals surface area contributed by atoms with Gasteiger partial charge in [0.25, 0.3) is 5.91 Å². The number of amides is 2. The predicted molar refractivity (Wildman–Crippen MR) is 119 cm³/mol. The average Bonchev–Trinajstić information content (AvgIpc) is 3.48. The third kappa shape index (κ3) is 3.61. The van der Waals surface area contributed by atoms with Gasteiger partial charge < -0.3 is 19.9 Å². The average molecular weight is 418 g/mol. The summed E-state index contributed by atoms with van der Waals surface area (Å²) >= 11 is 0. The molecule has 1 saturated heterocycles. The zero-order valence-corrected chi connectivity index (χ0v) is 17.7. The Morgan fingerprint density at radius 3 is 2.84 bits per heavy atom. The van der Waals surface area contributed by atoms with Crippen LogP contribution in [0.5, 0.6) is 0 Å². The summed E-state index contributed by atoms with van der Waals surface area (Å²) in [5.74, 6) is -0.0640. The van der Waals surface area contributed by atoms with Crippen LogP contribution >= 0.6 is 0 Å². The van der Waals surface area contributed by atoms with Gasteiger partial charge in [0.05, 0.1) is 12.1 Å². The lowest BCUT2D eigenvalue weighted by molar-refractivity contribution is -0.121. The maximum absolute atomic E-state index is 13.3. The van der Waals surface area contributed by atoms with Gasteiger partial charge >= 0.3 is 0 Å². The summed E-state index contributed by atoms with van der Waals surface area (Å²) < 4.78 is 5.58. The van der Waals surface area contributed by atoms with Crippen LogP contribution in [0.3, 0.4) is 0 Å². The van der Waals surface area contributed by atoms with E-state index in [1.54, 1.807) is 0 Å². The van der Waals surface area contributed by atoms with Gasteiger partial charge in [-0.2, -0.15) is 0 Å². The van der Waals surface area contributed by atoms with Crippen LogP contribution in [0.2, 0.25) is 0 Å². The molecule has 2 aliphatic rings. The number of aromatic amines is 1. The zero-order chi connectivity index (χ0) is 21.4. The summed E-state index contributed by atoms with van der Waals surface area (Å²) in [7, 11) is 0. The third-order valence-corrected chi connectivity index (χ3v) is 6.41. The highest BCUT2D eigenvalue weighted by atomic mass is 16.5. The Labute approximate surface area is 181 Å². The van der Waals surface area contributed by atoms with Gasteiger partial charge in [0.2, 0.25) is 5.91 Å². The number of carbonyl (C=O) groups excluding carboxylic acids is 2. The first-order valence-electron chi connectivity index (χ1n) is 11.0. The molecule has 0 unspecified atom stereocenters. The highest BCUT2D eigenvalue weighted by molar-refractivity contribution is 6.01. The molecule has 1 fully saturated rings. The largest absolute Gasteiger partial charge is 0.376 e. The Kier molecular flexibility index (Phi) is 5.24. The summed E-state index contributed by atoms with van der Waals surface area (Å²) in [5.41, 5.74) is 4.93. The van der Waals surface area contributed by atoms with Crippen molar-refractivity contribution in [3.05, 3.63) is 70.9 Å². The van der Waals surface area contributed by atoms with Crippen LogP contribution in [-0.4, -0.2) is 47.5 Å². The van der Waals surface area contributed by atoms with Crippen LogP contribution < -0.4 is 5.32 Å². The van der Waals surface area contributed by atoms with Gasteiger partial charge in [0, 0.05) is 53.8 Å². The molecular weight excluding hydrogens is 390 g/mol. The zero-order valence-electron chi connectivity index (χ0n) is 17.7. The van der Waals surface area contributed by atoms with Crippen molar-refractivity contribution in [3.8, 4) is 0 Å². The number of carbonyl (C=O) groups is 2. The number of nitrogens with zero attached hydrogens (tertiary/aromatic N) is 1. The number of benzene rings is 2. The van der Waals surface area contributed by atoms with E-state index >= 15 is 0 Å². The van der Waals surface area contributed by atoms with Crippen molar-refractivity contribution in [2.45, 2.75) is 38.3 Å². The van der Waals surface area contributed by atoms with E-state index < -0.39 is 0 Å². The van der Waals surface area contributed by atoms with Gasteiger partial charge in [-0.1, -0.05) is 36.4 Å². The van der Waals surface area contributed by atoms with Gasteiger partial charge in [-0.25, -0.2) is 0 Å². The molecule has 2 aromatic carbocycles. The molecule has 160 valence electrons. The maximum atomic E-state index is 13.3. The first-order valence-corrected chi connectivity index (χ1v) is 11.0. The maximum Gasteiger partial charge on any atom is 0.255 e. The van der Waals surface area contributed by atoms with E-state index in [0.717, 1.165) is 52.7 Å². The number of para-hydroxylation sites is 1. The number of nitrogens with one attached hydrogen (secondary N) is 2. The summed E-state index contributed by atoms with van der Waals surface area (Å²) in [6, 6.07) is 15.7. The second-order valence-corrected chi connectivity index (χ2v) is 8.39. The van der Waals surface area contributed by atoms with Crippen molar-refractivity contribution in [2.75, 3.05) is 19.7 Å². The summed E-state index contributed by atoms with van der Waals surface area (Å²) in [5, 5.41) is 4.08. The molecule has 2 N–H and O–H groups in total. The molecule has 0 saturated carbocycles. The van der Waals surface area contributed by atoms with Crippen LogP contribution in [0, 0.1) is 6.92 Å². The summed E-state index contributed by atoms with van der Waals surface area (Å²) in [4.78, 5) is 31.1. The van der Waals surface area contributed by atoms with Crippen molar-refractivity contribution < 1.29 is 14.3 Å². The summed E-state index contributed by atoms with van der Waals surface area (Å²) in [6.45, 7) is 3.73. The van der Waals surface area contributed by atoms with E-state index in [-0.39, 0.29) is 30.4 Å². The number of aromatic nitrogens is 1. The molecular formula is C25H27N3O3. The van der Waals surface area contributed by atoms with E-state index in [1.165, 1.54) is 0 Å². The predicted octanol–water partition coefficient (Wildman–Crippen LogP) is 3.71.